The molecule has 1 saturated heterocycles. The molecule has 22 heavy (non-hydrogen) atoms. The Kier molecular flexibility index (Phi) is 4.02. The summed E-state index contributed by atoms with van der Waals surface area (Å²) in [5.41, 5.74) is 5.53. The van der Waals surface area contributed by atoms with Crippen molar-refractivity contribution in [2.24, 2.45) is 0 Å². The Morgan fingerprint density at radius 1 is 1.50 bits per heavy atom. The molecule has 3 N–H and O–H groups in total. The lowest BCUT2D eigenvalue weighted by Gasteiger charge is -2.32. The van der Waals surface area contributed by atoms with E-state index in [-0.39, 0.29) is 23.8 Å². The third-order valence-corrected chi connectivity index (χ3v) is 4.23. The monoisotopic (exact) mass is 323 g/mol. The van der Waals surface area contributed by atoms with Crippen molar-refractivity contribution < 1.29 is 4.79 Å². The maximum atomic E-state index is 12.5. The molecule has 0 spiro atoms. The quantitative estimate of drug-likeness (QED) is 0.883. The number of anilines is 1. The van der Waals surface area contributed by atoms with Gasteiger partial charge in [0.1, 0.15) is 11.9 Å². The first-order valence-corrected chi connectivity index (χ1v) is 7.58. The fraction of sp³-hybridized carbons (Fsp3) is 0.538. The van der Waals surface area contributed by atoms with E-state index < -0.39 is 0 Å². The van der Waals surface area contributed by atoms with E-state index in [2.05, 4.69) is 20.3 Å². The highest BCUT2D eigenvalue weighted by Crippen LogP contribution is 2.27. The number of halogens is 1. The van der Waals surface area contributed by atoms with Crippen molar-refractivity contribution in [1.29, 1.82) is 0 Å². The first-order chi connectivity index (χ1) is 10.5. The second-order valence-electron chi connectivity index (χ2n) is 5.49. The fourth-order valence-corrected chi connectivity index (χ4v) is 2.89. The molecule has 0 saturated carbocycles. The Labute approximate surface area is 132 Å². The molecule has 3 heterocycles. The van der Waals surface area contributed by atoms with Gasteiger partial charge in [0.05, 0.1) is 11.2 Å². The van der Waals surface area contributed by atoms with Crippen LogP contribution in [0.2, 0.25) is 5.02 Å². The molecule has 1 fully saturated rings. The zero-order valence-electron chi connectivity index (χ0n) is 12.2. The van der Waals surface area contributed by atoms with Crippen LogP contribution in [0.3, 0.4) is 0 Å². The number of aromatic nitrogens is 5. The summed E-state index contributed by atoms with van der Waals surface area (Å²) in [6, 6.07) is -0.357. The summed E-state index contributed by atoms with van der Waals surface area (Å²) in [5.74, 6) is 1.38. The van der Waals surface area contributed by atoms with Gasteiger partial charge >= 0.3 is 0 Å². The largest absolute Gasteiger partial charge is 0.367 e. The summed E-state index contributed by atoms with van der Waals surface area (Å²) >= 11 is 5.85. The van der Waals surface area contributed by atoms with Crippen molar-refractivity contribution >= 4 is 23.5 Å². The summed E-state index contributed by atoms with van der Waals surface area (Å²) in [4.78, 5) is 18.5. The number of amides is 1. The minimum Gasteiger partial charge on any atom is -0.367 e. The Morgan fingerprint density at radius 3 is 2.77 bits per heavy atom. The molecule has 1 aliphatic heterocycles. The summed E-state index contributed by atoms with van der Waals surface area (Å²) < 4.78 is 1.59. The lowest BCUT2D eigenvalue weighted by molar-refractivity contribution is -0.135. The molecular weight excluding hydrogens is 306 g/mol. The third kappa shape index (κ3) is 2.92. The number of nitrogens with zero attached hydrogens (tertiary/aromatic N) is 5. The maximum absolute atomic E-state index is 12.5. The molecule has 0 bridgehead atoms. The lowest BCUT2D eigenvalue weighted by atomic mass is 9.96. The van der Waals surface area contributed by atoms with Crippen molar-refractivity contribution in [3.05, 3.63) is 23.2 Å². The molecule has 1 amide bonds. The Hall–Kier alpha value is -2.09. The van der Waals surface area contributed by atoms with Crippen LogP contribution in [0.25, 0.3) is 0 Å². The number of carbonyl (C=O) groups is 1. The Bertz CT molecular complexity index is 659. The van der Waals surface area contributed by atoms with Crippen LogP contribution in [0, 0.1) is 0 Å². The van der Waals surface area contributed by atoms with Gasteiger partial charge in [0.15, 0.2) is 0 Å². The molecule has 9 heteroatoms. The number of rotatable bonds is 3. The van der Waals surface area contributed by atoms with Gasteiger partial charge in [-0.3, -0.25) is 14.6 Å². The van der Waals surface area contributed by atoms with Gasteiger partial charge in [0.25, 0.3) is 0 Å². The van der Waals surface area contributed by atoms with Crippen LogP contribution in [0.5, 0.6) is 0 Å². The third-order valence-electron chi connectivity index (χ3n) is 4.04. The predicted molar refractivity (Wildman–Crippen MR) is 81.3 cm³/mol. The number of carbonyl (C=O) groups excluding carboxylic acids is 1. The number of nitrogens with one attached hydrogen (secondary N) is 1. The first kappa shape index (κ1) is 14.8. The highest BCUT2D eigenvalue weighted by atomic mass is 35.5. The van der Waals surface area contributed by atoms with E-state index in [4.69, 9.17) is 17.3 Å². The maximum Gasteiger partial charge on any atom is 0.247 e. The van der Waals surface area contributed by atoms with E-state index in [1.54, 1.807) is 10.9 Å². The van der Waals surface area contributed by atoms with Gasteiger partial charge in [-0.05, 0) is 19.8 Å². The standard InChI is InChI=1S/C13H18ClN7O/c1-8(21-7-10(14)6-16-21)12(22)20-4-2-9(3-5-20)11-17-13(15)19-18-11/h6-9H,2-5H2,1H3,(H3,15,17,18,19)/t8-/m1/s1. The molecule has 2 aromatic rings. The summed E-state index contributed by atoms with van der Waals surface area (Å²) in [6.45, 7) is 3.20. The first-order valence-electron chi connectivity index (χ1n) is 7.21. The van der Waals surface area contributed by atoms with Crippen LogP contribution in [0.4, 0.5) is 5.95 Å². The summed E-state index contributed by atoms with van der Waals surface area (Å²) in [5, 5.41) is 11.3. The number of hydrogen-bond acceptors (Lipinski definition) is 5. The second-order valence-corrected chi connectivity index (χ2v) is 5.93. The number of likely N-dealkylation sites (tertiary alicyclic amines) is 1. The van der Waals surface area contributed by atoms with Gasteiger partial charge < -0.3 is 10.6 Å². The minimum atomic E-state index is -0.357. The molecule has 1 atom stereocenters. The van der Waals surface area contributed by atoms with Crippen molar-refractivity contribution in [1.82, 2.24) is 29.9 Å². The number of aromatic amines is 1. The molecule has 8 nitrogen and oxygen atoms in total. The van der Waals surface area contributed by atoms with Crippen molar-refractivity contribution in [2.45, 2.75) is 31.7 Å². The number of nitrogens with two attached hydrogens (primary N) is 1. The molecule has 0 aromatic carbocycles. The van der Waals surface area contributed by atoms with E-state index in [9.17, 15) is 4.79 Å². The van der Waals surface area contributed by atoms with Gasteiger partial charge in [-0.25, -0.2) is 0 Å². The average molecular weight is 324 g/mol. The second kappa shape index (κ2) is 5.96. The molecule has 118 valence electrons. The number of piperidine rings is 1. The van der Waals surface area contributed by atoms with Crippen LogP contribution in [-0.4, -0.2) is 48.9 Å². The van der Waals surface area contributed by atoms with Gasteiger partial charge in [-0.2, -0.15) is 10.1 Å². The minimum absolute atomic E-state index is 0.0512. The van der Waals surface area contributed by atoms with Gasteiger partial charge in [0, 0.05) is 25.2 Å². The fourth-order valence-electron chi connectivity index (χ4n) is 2.75. The molecule has 1 aliphatic rings. The molecule has 3 rings (SSSR count). The van der Waals surface area contributed by atoms with Crippen LogP contribution >= 0.6 is 11.6 Å². The highest BCUT2D eigenvalue weighted by molar-refractivity contribution is 6.30. The lowest BCUT2D eigenvalue weighted by Crippen LogP contribution is -2.41. The van der Waals surface area contributed by atoms with Crippen molar-refractivity contribution in [3.8, 4) is 0 Å². The summed E-state index contributed by atoms with van der Waals surface area (Å²) in [7, 11) is 0. The van der Waals surface area contributed by atoms with Crippen LogP contribution in [0.1, 0.15) is 37.5 Å². The number of H-pyrrole nitrogens is 1. The van der Waals surface area contributed by atoms with E-state index in [1.807, 2.05) is 11.8 Å². The zero-order chi connectivity index (χ0) is 15.7. The topological polar surface area (TPSA) is 106 Å². The Morgan fingerprint density at radius 2 is 2.23 bits per heavy atom. The van der Waals surface area contributed by atoms with E-state index in [1.165, 1.54) is 6.20 Å². The van der Waals surface area contributed by atoms with E-state index in [0.29, 0.717) is 18.1 Å². The smallest absolute Gasteiger partial charge is 0.247 e. The summed E-state index contributed by atoms with van der Waals surface area (Å²) in [6.07, 6.45) is 4.87. The zero-order valence-corrected chi connectivity index (χ0v) is 13.0. The van der Waals surface area contributed by atoms with Gasteiger partial charge in [0.2, 0.25) is 11.9 Å². The van der Waals surface area contributed by atoms with Gasteiger partial charge in [-0.15, -0.1) is 5.10 Å². The Balaban J connectivity index is 1.60. The predicted octanol–water partition coefficient (Wildman–Crippen LogP) is 1.20. The normalized spacial score (nSPS) is 17.6. The average Bonchev–Trinajstić information content (AvgIpc) is 3.14. The van der Waals surface area contributed by atoms with E-state index in [0.717, 1.165) is 18.7 Å². The van der Waals surface area contributed by atoms with Crippen LogP contribution < -0.4 is 5.73 Å². The van der Waals surface area contributed by atoms with E-state index >= 15 is 0 Å². The molecule has 2 aromatic heterocycles. The van der Waals surface area contributed by atoms with Crippen molar-refractivity contribution in [2.75, 3.05) is 18.8 Å². The molecule has 0 radical (unpaired) electrons. The molecule has 0 unspecified atom stereocenters. The van der Waals surface area contributed by atoms with Crippen LogP contribution in [0.15, 0.2) is 12.4 Å². The number of hydrogen-bond donors (Lipinski definition) is 2. The SMILES string of the molecule is C[C@H](C(=O)N1CCC(c2nc(N)n[nH]2)CC1)n1cc(Cl)cn1. The van der Waals surface area contributed by atoms with Gasteiger partial charge in [-0.1, -0.05) is 11.6 Å². The molecular formula is C13H18ClN7O. The molecule has 0 aliphatic carbocycles. The highest BCUT2D eigenvalue weighted by Gasteiger charge is 2.29. The number of nitrogen functional groups attached to an aromatic ring is 1. The van der Waals surface area contributed by atoms with Crippen molar-refractivity contribution in [3.63, 3.8) is 0 Å². The van der Waals surface area contributed by atoms with Crippen LogP contribution in [-0.2, 0) is 4.79 Å².